The topological polar surface area (TPSA) is 79.6 Å². The second kappa shape index (κ2) is 5.95. The maximum Gasteiger partial charge on any atom is 0.318 e. The van der Waals surface area contributed by atoms with E-state index >= 15 is 0 Å². The highest BCUT2D eigenvalue weighted by molar-refractivity contribution is 7.91. The third-order valence-corrected chi connectivity index (χ3v) is 6.08. The van der Waals surface area contributed by atoms with E-state index < -0.39 is 9.84 Å². The minimum atomic E-state index is -2.89. The second-order valence-electron chi connectivity index (χ2n) is 6.33. The van der Waals surface area contributed by atoms with E-state index in [4.69, 9.17) is 4.42 Å². The van der Waals surface area contributed by atoms with Crippen LogP contribution in [0, 0.1) is 12.8 Å². The standard InChI is InChI=1S/C15H22N2O4S/c1-11-2-5-14(21-11)9-17(13-3-4-13)15(18)16-8-12-6-7-22(19,20)10-12/h2,5,12-13H,3-4,6-10H2,1H3,(H,16,18). The molecule has 1 saturated carbocycles. The molecule has 1 aromatic rings. The van der Waals surface area contributed by atoms with Gasteiger partial charge in [-0.15, -0.1) is 0 Å². The highest BCUT2D eigenvalue weighted by Crippen LogP contribution is 2.29. The Morgan fingerprint density at radius 3 is 2.68 bits per heavy atom. The lowest BCUT2D eigenvalue weighted by Crippen LogP contribution is -2.42. The Labute approximate surface area is 130 Å². The number of nitrogens with one attached hydrogen (secondary N) is 1. The van der Waals surface area contributed by atoms with Crippen LogP contribution in [0.3, 0.4) is 0 Å². The maximum atomic E-state index is 12.4. The number of aryl methyl sites for hydroxylation is 1. The summed E-state index contributed by atoms with van der Waals surface area (Å²) in [5.74, 6) is 2.09. The monoisotopic (exact) mass is 326 g/mol. The molecule has 1 aliphatic heterocycles. The van der Waals surface area contributed by atoms with Crippen LogP contribution >= 0.6 is 0 Å². The lowest BCUT2D eigenvalue weighted by molar-refractivity contribution is 0.185. The number of furan rings is 1. The summed E-state index contributed by atoms with van der Waals surface area (Å²) in [5.41, 5.74) is 0. The lowest BCUT2D eigenvalue weighted by atomic mass is 10.1. The van der Waals surface area contributed by atoms with Gasteiger partial charge in [-0.1, -0.05) is 0 Å². The Morgan fingerprint density at radius 1 is 1.36 bits per heavy atom. The summed E-state index contributed by atoms with van der Waals surface area (Å²) in [4.78, 5) is 14.2. The normalized spacial score (nSPS) is 23.4. The molecule has 2 fully saturated rings. The van der Waals surface area contributed by atoms with Crippen molar-refractivity contribution in [2.24, 2.45) is 5.92 Å². The molecule has 3 rings (SSSR count). The molecule has 7 heteroatoms. The van der Waals surface area contributed by atoms with Crippen molar-refractivity contribution in [1.82, 2.24) is 10.2 Å². The van der Waals surface area contributed by atoms with E-state index in [1.54, 1.807) is 4.90 Å². The fraction of sp³-hybridized carbons (Fsp3) is 0.667. The Hall–Kier alpha value is -1.50. The minimum absolute atomic E-state index is 0.0425. The molecular formula is C15H22N2O4S. The summed E-state index contributed by atoms with van der Waals surface area (Å²) in [6.45, 7) is 2.78. The Balaban J connectivity index is 1.54. The van der Waals surface area contributed by atoms with Crippen molar-refractivity contribution >= 4 is 15.9 Å². The van der Waals surface area contributed by atoms with Gasteiger partial charge in [0.05, 0.1) is 18.1 Å². The zero-order valence-electron chi connectivity index (χ0n) is 12.7. The van der Waals surface area contributed by atoms with Crippen molar-refractivity contribution in [2.75, 3.05) is 18.1 Å². The van der Waals surface area contributed by atoms with Gasteiger partial charge in [0.15, 0.2) is 9.84 Å². The first-order valence-corrected chi connectivity index (χ1v) is 9.55. The molecule has 1 unspecified atom stereocenters. The second-order valence-corrected chi connectivity index (χ2v) is 8.56. The molecule has 1 aliphatic carbocycles. The average Bonchev–Trinajstić information content (AvgIpc) is 3.12. The number of urea groups is 1. The van der Waals surface area contributed by atoms with E-state index in [-0.39, 0.29) is 29.5 Å². The van der Waals surface area contributed by atoms with Crippen molar-refractivity contribution in [1.29, 1.82) is 0 Å². The average molecular weight is 326 g/mol. The van der Waals surface area contributed by atoms with Crippen LogP contribution in [0.4, 0.5) is 4.79 Å². The van der Waals surface area contributed by atoms with Crippen LogP contribution in [0.1, 0.15) is 30.8 Å². The highest BCUT2D eigenvalue weighted by Gasteiger charge is 2.34. The summed E-state index contributed by atoms with van der Waals surface area (Å²) >= 11 is 0. The fourth-order valence-corrected chi connectivity index (χ4v) is 4.72. The molecule has 2 heterocycles. The molecule has 122 valence electrons. The predicted octanol–water partition coefficient (Wildman–Crippen LogP) is 1.70. The smallest absolute Gasteiger partial charge is 0.318 e. The largest absolute Gasteiger partial charge is 0.464 e. The first kappa shape index (κ1) is 15.4. The summed E-state index contributed by atoms with van der Waals surface area (Å²) in [7, 11) is -2.89. The number of carbonyl (C=O) groups is 1. The summed E-state index contributed by atoms with van der Waals surface area (Å²) < 4.78 is 28.4. The van der Waals surface area contributed by atoms with Crippen LogP contribution in [0.25, 0.3) is 0 Å². The molecule has 2 amide bonds. The van der Waals surface area contributed by atoms with E-state index in [2.05, 4.69) is 5.32 Å². The number of nitrogens with zero attached hydrogens (tertiary/aromatic N) is 1. The van der Waals surface area contributed by atoms with Gasteiger partial charge in [-0.2, -0.15) is 0 Å². The van der Waals surface area contributed by atoms with Crippen molar-refractivity contribution in [3.8, 4) is 0 Å². The molecule has 1 aromatic heterocycles. The number of rotatable bonds is 5. The van der Waals surface area contributed by atoms with Gasteiger partial charge in [-0.25, -0.2) is 13.2 Å². The quantitative estimate of drug-likeness (QED) is 0.893. The number of amides is 2. The fourth-order valence-electron chi connectivity index (χ4n) is 2.86. The molecule has 0 bridgehead atoms. The number of carbonyl (C=O) groups excluding carboxylic acids is 1. The van der Waals surface area contributed by atoms with Gasteiger partial charge in [0.2, 0.25) is 0 Å². The van der Waals surface area contributed by atoms with Crippen LogP contribution in [0.15, 0.2) is 16.5 Å². The van der Waals surface area contributed by atoms with Gasteiger partial charge in [-0.3, -0.25) is 0 Å². The van der Waals surface area contributed by atoms with Gasteiger partial charge >= 0.3 is 6.03 Å². The first-order chi connectivity index (χ1) is 10.4. The van der Waals surface area contributed by atoms with Crippen LogP contribution < -0.4 is 5.32 Å². The molecule has 2 aliphatic rings. The van der Waals surface area contributed by atoms with Crippen LogP contribution in [-0.2, 0) is 16.4 Å². The summed E-state index contributed by atoms with van der Waals surface area (Å²) in [5, 5.41) is 2.89. The SMILES string of the molecule is Cc1ccc(CN(C(=O)NCC2CCS(=O)(=O)C2)C2CC2)o1. The third kappa shape index (κ3) is 3.82. The van der Waals surface area contributed by atoms with Gasteiger partial charge < -0.3 is 14.6 Å². The molecule has 1 atom stereocenters. The number of hydrogen-bond acceptors (Lipinski definition) is 4. The van der Waals surface area contributed by atoms with E-state index in [1.165, 1.54) is 0 Å². The zero-order valence-corrected chi connectivity index (χ0v) is 13.6. The zero-order chi connectivity index (χ0) is 15.7. The van der Waals surface area contributed by atoms with E-state index in [1.807, 2.05) is 19.1 Å². The van der Waals surface area contributed by atoms with Crippen molar-refractivity contribution in [3.63, 3.8) is 0 Å². The van der Waals surface area contributed by atoms with E-state index in [9.17, 15) is 13.2 Å². The van der Waals surface area contributed by atoms with Crippen LogP contribution in [0.5, 0.6) is 0 Å². The van der Waals surface area contributed by atoms with Gasteiger partial charge in [0, 0.05) is 12.6 Å². The summed E-state index contributed by atoms with van der Waals surface area (Å²) in [6, 6.07) is 3.93. The number of hydrogen-bond donors (Lipinski definition) is 1. The lowest BCUT2D eigenvalue weighted by Gasteiger charge is -2.22. The van der Waals surface area contributed by atoms with Gasteiger partial charge in [-0.05, 0) is 44.2 Å². The molecule has 22 heavy (non-hydrogen) atoms. The Kier molecular flexibility index (Phi) is 4.16. The summed E-state index contributed by atoms with van der Waals surface area (Å²) in [6.07, 6.45) is 2.68. The number of sulfone groups is 1. The maximum absolute atomic E-state index is 12.4. The molecule has 1 N–H and O–H groups in total. The van der Waals surface area contributed by atoms with Gasteiger partial charge in [0.25, 0.3) is 0 Å². The predicted molar refractivity (Wildman–Crippen MR) is 82.2 cm³/mol. The molecule has 1 saturated heterocycles. The van der Waals surface area contributed by atoms with Crippen molar-refractivity contribution in [2.45, 2.75) is 38.8 Å². The van der Waals surface area contributed by atoms with Crippen molar-refractivity contribution in [3.05, 3.63) is 23.7 Å². The molecule has 0 spiro atoms. The first-order valence-electron chi connectivity index (χ1n) is 7.73. The Morgan fingerprint density at radius 2 is 2.14 bits per heavy atom. The highest BCUT2D eigenvalue weighted by atomic mass is 32.2. The molecular weight excluding hydrogens is 304 g/mol. The minimum Gasteiger partial charge on any atom is -0.464 e. The van der Waals surface area contributed by atoms with E-state index in [0.29, 0.717) is 19.5 Å². The third-order valence-electron chi connectivity index (χ3n) is 4.24. The molecule has 0 aromatic carbocycles. The van der Waals surface area contributed by atoms with Crippen LogP contribution in [-0.4, -0.2) is 43.4 Å². The molecule has 0 radical (unpaired) electrons. The van der Waals surface area contributed by atoms with Crippen LogP contribution in [0.2, 0.25) is 0 Å². The van der Waals surface area contributed by atoms with E-state index in [0.717, 1.165) is 24.4 Å². The molecule has 6 nitrogen and oxygen atoms in total. The Bertz CT molecular complexity index is 648. The van der Waals surface area contributed by atoms with Gasteiger partial charge in [0.1, 0.15) is 11.5 Å². The van der Waals surface area contributed by atoms with Crippen molar-refractivity contribution < 1.29 is 17.6 Å².